The Morgan fingerprint density at radius 2 is 1.59 bits per heavy atom. The third-order valence-electron chi connectivity index (χ3n) is 5.92. The van der Waals surface area contributed by atoms with Crippen molar-refractivity contribution in [3.8, 4) is 6.07 Å². The third-order valence-corrected chi connectivity index (χ3v) is 5.92. The molecule has 1 N–H and O–H groups in total. The Hall–Kier alpha value is -4.69. The van der Waals surface area contributed by atoms with Crippen molar-refractivity contribution in [2.45, 2.75) is 13.0 Å². The summed E-state index contributed by atoms with van der Waals surface area (Å²) in [5, 5.41) is 16.9. The summed E-state index contributed by atoms with van der Waals surface area (Å²) in [5.74, 6) is -0.167. The molecule has 0 atom stereocenters. The second kappa shape index (κ2) is 9.43. The molecule has 0 aliphatic carbocycles. The topological polar surface area (TPSA) is 70.2 Å². The van der Waals surface area contributed by atoms with E-state index in [9.17, 15) is 10.1 Å². The quantitative estimate of drug-likeness (QED) is 0.282. The van der Waals surface area contributed by atoms with Crippen molar-refractivity contribution < 1.29 is 4.79 Å². The number of benzene rings is 4. The monoisotopic (exact) mass is 442 g/mol. The predicted molar refractivity (Wildman–Crippen MR) is 136 cm³/mol. The molecule has 5 nitrogen and oxygen atoms in total. The van der Waals surface area contributed by atoms with Gasteiger partial charge in [0, 0.05) is 29.2 Å². The lowest BCUT2D eigenvalue weighted by Crippen LogP contribution is -2.19. The number of hydrogen-bond donors (Lipinski definition) is 1. The molecule has 0 saturated heterocycles. The summed E-state index contributed by atoms with van der Waals surface area (Å²) in [7, 11) is 0. The van der Waals surface area contributed by atoms with Crippen LogP contribution in [-0.4, -0.2) is 16.7 Å². The fourth-order valence-corrected chi connectivity index (χ4v) is 4.29. The van der Waals surface area contributed by atoms with E-state index >= 15 is 0 Å². The maximum atomic E-state index is 12.6. The lowest BCUT2D eigenvalue weighted by molar-refractivity contribution is -0.120. The van der Waals surface area contributed by atoms with Gasteiger partial charge in [-0.15, -0.1) is 0 Å². The highest BCUT2D eigenvalue weighted by atomic mass is 16.2. The second-order valence-corrected chi connectivity index (χ2v) is 8.11. The van der Waals surface area contributed by atoms with Gasteiger partial charge in [-0.3, -0.25) is 4.79 Å². The van der Waals surface area contributed by atoms with Gasteiger partial charge in [-0.25, -0.2) is 5.43 Å². The van der Waals surface area contributed by atoms with Crippen LogP contribution in [-0.2, 0) is 17.8 Å². The SMILES string of the molecule is N#Cc1ccccc1Cn1cc(/C=N\NC(=O)Cc2cccc3ccccc23)c2ccccc21. The Morgan fingerprint density at radius 1 is 0.882 bits per heavy atom. The molecule has 1 heterocycles. The van der Waals surface area contributed by atoms with Gasteiger partial charge in [-0.05, 0) is 34.0 Å². The molecule has 0 saturated carbocycles. The lowest BCUT2D eigenvalue weighted by atomic mass is 10.0. The van der Waals surface area contributed by atoms with Gasteiger partial charge in [-0.2, -0.15) is 10.4 Å². The first-order valence-corrected chi connectivity index (χ1v) is 11.1. The number of hydrazone groups is 1. The van der Waals surface area contributed by atoms with Crippen LogP contribution in [0.2, 0.25) is 0 Å². The molecule has 1 amide bonds. The zero-order valence-electron chi connectivity index (χ0n) is 18.5. The maximum Gasteiger partial charge on any atom is 0.244 e. The number of aromatic nitrogens is 1. The normalized spacial score (nSPS) is 11.1. The summed E-state index contributed by atoms with van der Waals surface area (Å²) >= 11 is 0. The zero-order chi connectivity index (χ0) is 23.3. The molecule has 0 aliphatic heterocycles. The number of carbonyl (C=O) groups is 1. The van der Waals surface area contributed by atoms with Crippen LogP contribution in [0.4, 0.5) is 0 Å². The van der Waals surface area contributed by atoms with Gasteiger partial charge < -0.3 is 4.57 Å². The number of rotatable bonds is 6. The molecule has 34 heavy (non-hydrogen) atoms. The highest BCUT2D eigenvalue weighted by Gasteiger charge is 2.10. The van der Waals surface area contributed by atoms with Gasteiger partial charge in [0.15, 0.2) is 0 Å². The minimum absolute atomic E-state index is 0.167. The van der Waals surface area contributed by atoms with Crippen LogP contribution in [0.25, 0.3) is 21.7 Å². The zero-order valence-corrected chi connectivity index (χ0v) is 18.5. The van der Waals surface area contributed by atoms with E-state index in [1.54, 1.807) is 6.21 Å². The number of nitriles is 1. The van der Waals surface area contributed by atoms with Gasteiger partial charge in [-0.1, -0.05) is 78.9 Å². The summed E-state index contributed by atoms with van der Waals surface area (Å²) in [6.07, 6.45) is 3.93. The van der Waals surface area contributed by atoms with Crippen LogP contribution in [0.5, 0.6) is 0 Å². The molecule has 5 heteroatoms. The highest BCUT2D eigenvalue weighted by Crippen LogP contribution is 2.22. The van der Waals surface area contributed by atoms with Crippen molar-refractivity contribution in [3.05, 3.63) is 119 Å². The van der Waals surface area contributed by atoms with E-state index in [0.29, 0.717) is 12.1 Å². The van der Waals surface area contributed by atoms with Crippen molar-refractivity contribution >= 4 is 33.8 Å². The fourth-order valence-electron chi connectivity index (χ4n) is 4.29. The van der Waals surface area contributed by atoms with Crippen molar-refractivity contribution in [1.82, 2.24) is 9.99 Å². The molecule has 164 valence electrons. The largest absolute Gasteiger partial charge is 0.342 e. The Morgan fingerprint density at radius 3 is 2.47 bits per heavy atom. The molecule has 1 aromatic heterocycles. The van der Waals surface area contributed by atoms with Crippen molar-refractivity contribution in [2.75, 3.05) is 0 Å². The first kappa shape index (κ1) is 21.2. The Labute approximate surface area is 197 Å². The number of carbonyl (C=O) groups excluding carboxylic acids is 1. The molecular formula is C29H22N4O. The van der Waals surface area contributed by atoms with Gasteiger partial charge in [0.25, 0.3) is 0 Å². The molecule has 4 aromatic carbocycles. The Kier molecular flexibility index (Phi) is 5.87. The van der Waals surface area contributed by atoms with Gasteiger partial charge in [0.1, 0.15) is 0 Å². The molecular weight excluding hydrogens is 420 g/mol. The van der Waals surface area contributed by atoms with E-state index in [0.717, 1.165) is 38.4 Å². The Bertz CT molecular complexity index is 1570. The van der Waals surface area contributed by atoms with E-state index < -0.39 is 0 Å². The number of para-hydroxylation sites is 1. The van der Waals surface area contributed by atoms with E-state index in [4.69, 9.17) is 0 Å². The average molecular weight is 443 g/mol. The predicted octanol–water partition coefficient (Wildman–Crippen LogP) is 5.41. The Balaban J connectivity index is 1.35. The molecule has 5 rings (SSSR count). The number of amides is 1. The van der Waals surface area contributed by atoms with Crippen molar-refractivity contribution in [3.63, 3.8) is 0 Å². The van der Waals surface area contributed by atoms with Gasteiger partial charge >= 0.3 is 0 Å². The highest BCUT2D eigenvalue weighted by molar-refractivity contribution is 6.00. The molecule has 0 spiro atoms. The first-order valence-electron chi connectivity index (χ1n) is 11.1. The van der Waals surface area contributed by atoms with Crippen LogP contribution in [0.1, 0.15) is 22.3 Å². The molecule has 0 fully saturated rings. The molecule has 0 radical (unpaired) electrons. The van der Waals surface area contributed by atoms with Crippen LogP contribution >= 0.6 is 0 Å². The number of hydrogen-bond acceptors (Lipinski definition) is 3. The van der Waals surface area contributed by atoms with Crippen molar-refractivity contribution in [2.24, 2.45) is 5.10 Å². The van der Waals surface area contributed by atoms with E-state index in [2.05, 4.69) is 21.2 Å². The molecule has 0 aliphatic rings. The third kappa shape index (κ3) is 4.30. The lowest BCUT2D eigenvalue weighted by Gasteiger charge is -2.07. The van der Waals surface area contributed by atoms with E-state index in [-0.39, 0.29) is 12.3 Å². The number of fused-ring (bicyclic) bond motifs is 2. The molecule has 0 bridgehead atoms. The summed E-state index contributed by atoms with van der Waals surface area (Å²) in [6.45, 7) is 0.575. The number of nitrogens with zero attached hydrogens (tertiary/aromatic N) is 3. The second-order valence-electron chi connectivity index (χ2n) is 8.11. The maximum absolute atomic E-state index is 12.6. The summed E-state index contributed by atoms with van der Waals surface area (Å²) in [4.78, 5) is 12.6. The van der Waals surface area contributed by atoms with Crippen molar-refractivity contribution in [1.29, 1.82) is 5.26 Å². The smallest absolute Gasteiger partial charge is 0.244 e. The van der Waals surface area contributed by atoms with E-state index in [1.807, 2.05) is 97.2 Å². The first-order chi connectivity index (χ1) is 16.7. The summed E-state index contributed by atoms with van der Waals surface area (Å²) in [5.41, 5.74) is 7.19. The summed E-state index contributed by atoms with van der Waals surface area (Å²) < 4.78 is 2.10. The van der Waals surface area contributed by atoms with Gasteiger partial charge in [0.05, 0.1) is 24.3 Å². The van der Waals surface area contributed by atoms with Crippen LogP contribution in [0, 0.1) is 11.3 Å². The molecule has 0 unspecified atom stereocenters. The minimum atomic E-state index is -0.167. The van der Waals surface area contributed by atoms with Crippen LogP contribution in [0.15, 0.2) is 102 Å². The average Bonchev–Trinajstić information content (AvgIpc) is 3.22. The minimum Gasteiger partial charge on any atom is -0.342 e. The fraction of sp³-hybridized carbons (Fsp3) is 0.0690. The van der Waals surface area contributed by atoms with Crippen LogP contribution < -0.4 is 5.43 Å². The summed E-state index contributed by atoms with van der Waals surface area (Å²) in [6, 6.07) is 31.9. The number of nitrogens with one attached hydrogen (secondary N) is 1. The van der Waals surface area contributed by atoms with Gasteiger partial charge in [0.2, 0.25) is 5.91 Å². The van der Waals surface area contributed by atoms with Crippen LogP contribution in [0.3, 0.4) is 0 Å². The standard InChI is InChI=1S/C29H22N4O/c30-17-23-9-1-2-10-24(23)19-33-20-25(27-14-5-6-15-28(27)33)18-31-32-29(34)16-22-12-7-11-21-8-3-4-13-26(21)22/h1-15,18,20H,16,19H2,(H,32,34)/b31-18-. The molecule has 5 aromatic rings. The van der Waals surface area contributed by atoms with E-state index in [1.165, 1.54) is 0 Å².